The van der Waals surface area contributed by atoms with Crippen LogP contribution in [0.2, 0.25) is 0 Å². The van der Waals surface area contributed by atoms with Gasteiger partial charge in [0.05, 0.1) is 22.7 Å². The molecular formula is C16H14N2O2S2. The number of thiazole rings is 1. The maximum Gasteiger partial charge on any atom is 0.187 e. The van der Waals surface area contributed by atoms with Crippen LogP contribution in [0, 0.1) is 0 Å². The van der Waals surface area contributed by atoms with Gasteiger partial charge >= 0.3 is 0 Å². The zero-order chi connectivity index (χ0) is 14.9. The molecule has 0 N–H and O–H groups in total. The number of benzene rings is 1. The highest BCUT2D eigenvalue weighted by atomic mass is 32.1. The molecule has 1 aromatic carbocycles. The second kappa shape index (κ2) is 5.79. The summed E-state index contributed by atoms with van der Waals surface area (Å²) < 4.78 is 6.99. The number of aromatic nitrogens is 1. The van der Waals surface area contributed by atoms with Crippen LogP contribution in [0.4, 0.5) is 5.13 Å². The van der Waals surface area contributed by atoms with Crippen molar-refractivity contribution >= 4 is 43.6 Å². The maximum absolute atomic E-state index is 10.8. The van der Waals surface area contributed by atoms with Gasteiger partial charge in [-0.25, -0.2) is 4.98 Å². The summed E-state index contributed by atoms with van der Waals surface area (Å²) in [6.07, 6.45) is 0.973. The summed E-state index contributed by atoms with van der Waals surface area (Å²) in [5.41, 5.74) is 1.20. The molecule has 4 rings (SSSR count). The van der Waals surface area contributed by atoms with Gasteiger partial charge in [-0.15, -0.1) is 11.3 Å². The van der Waals surface area contributed by atoms with Crippen LogP contribution in [0.15, 0.2) is 36.4 Å². The van der Waals surface area contributed by atoms with Crippen molar-refractivity contribution in [2.75, 3.05) is 24.6 Å². The lowest BCUT2D eigenvalue weighted by Crippen LogP contribution is -2.38. The van der Waals surface area contributed by atoms with Crippen molar-refractivity contribution < 1.29 is 9.53 Å². The van der Waals surface area contributed by atoms with Crippen molar-refractivity contribution in [1.29, 1.82) is 0 Å². The molecule has 6 heteroatoms. The number of carbonyl (C=O) groups excluding carboxylic acids is 1. The summed E-state index contributed by atoms with van der Waals surface area (Å²) >= 11 is 3.10. The largest absolute Gasteiger partial charge is 0.370 e. The van der Waals surface area contributed by atoms with E-state index in [2.05, 4.69) is 22.0 Å². The Labute approximate surface area is 136 Å². The monoisotopic (exact) mass is 330 g/mol. The fraction of sp³-hybridized carbons (Fsp3) is 0.250. The van der Waals surface area contributed by atoms with Gasteiger partial charge in [0.25, 0.3) is 0 Å². The summed E-state index contributed by atoms with van der Waals surface area (Å²) in [6.45, 7) is 2.36. The maximum atomic E-state index is 10.8. The van der Waals surface area contributed by atoms with Gasteiger partial charge in [-0.05, 0) is 11.6 Å². The van der Waals surface area contributed by atoms with E-state index >= 15 is 0 Å². The van der Waals surface area contributed by atoms with E-state index in [1.54, 1.807) is 11.3 Å². The van der Waals surface area contributed by atoms with Crippen molar-refractivity contribution in [2.45, 2.75) is 6.10 Å². The quantitative estimate of drug-likeness (QED) is 0.686. The highest BCUT2D eigenvalue weighted by molar-refractivity contribution is 7.29. The Morgan fingerprint density at radius 1 is 1.27 bits per heavy atom. The molecule has 0 aliphatic carbocycles. The number of hydrogen-bond acceptors (Lipinski definition) is 6. The number of thiophene rings is 1. The van der Waals surface area contributed by atoms with Crippen LogP contribution in [-0.2, 0) is 4.74 Å². The molecule has 1 aliphatic rings. The minimum Gasteiger partial charge on any atom is -0.370 e. The lowest BCUT2D eigenvalue weighted by atomic mass is 10.1. The molecule has 1 unspecified atom stereocenters. The van der Waals surface area contributed by atoms with Gasteiger partial charge in [0.15, 0.2) is 11.4 Å². The Hall–Kier alpha value is -1.76. The fourth-order valence-electron chi connectivity index (χ4n) is 2.63. The summed E-state index contributed by atoms with van der Waals surface area (Å²) in [6, 6.07) is 12.2. The Morgan fingerprint density at radius 3 is 2.91 bits per heavy atom. The first-order valence-corrected chi connectivity index (χ1v) is 8.74. The number of morpholine rings is 1. The number of hydrogen-bond donors (Lipinski definition) is 0. The number of anilines is 1. The van der Waals surface area contributed by atoms with Crippen LogP contribution in [0.5, 0.6) is 0 Å². The minimum absolute atomic E-state index is 0.0856. The molecule has 4 nitrogen and oxygen atoms in total. The van der Waals surface area contributed by atoms with Crippen LogP contribution < -0.4 is 4.90 Å². The summed E-state index contributed by atoms with van der Waals surface area (Å²) in [7, 11) is 0. The molecule has 3 heterocycles. The van der Waals surface area contributed by atoms with E-state index in [4.69, 9.17) is 4.74 Å². The molecule has 0 saturated carbocycles. The van der Waals surface area contributed by atoms with E-state index in [0.717, 1.165) is 38.9 Å². The van der Waals surface area contributed by atoms with E-state index < -0.39 is 0 Å². The number of aldehydes is 1. The number of nitrogens with zero attached hydrogens (tertiary/aromatic N) is 2. The molecule has 1 aliphatic heterocycles. The third-order valence-electron chi connectivity index (χ3n) is 3.72. The normalized spacial score (nSPS) is 18.7. The molecule has 1 saturated heterocycles. The van der Waals surface area contributed by atoms with Crippen molar-refractivity contribution in [3.63, 3.8) is 0 Å². The van der Waals surface area contributed by atoms with Crippen LogP contribution in [0.25, 0.3) is 9.53 Å². The smallest absolute Gasteiger partial charge is 0.187 e. The van der Waals surface area contributed by atoms with E-state index in [1.165, 1.54) is 16.9 Å². The number of ether oxygens (including phenoxy) is 1. The van der Waals surface area contributed by atoms with Gasteiger partial charge < -0.3 is 9.64 Å². The summed E-state index contributed by atoms with van der Waals surface area (Å²) in [5.74, 6) is 0. The lowest BCUT2D eigenvalue weighted by molar-refractivity contribution is 0.0398. The zero-order valence-electron chi connectivity index (χ0n) is 11.8. The summed E-state index contributed by atoms with van der Waals surface area (Å²) in [4.78, 5) is 19.5. The highest BCUT2D eigenvalue weighted by Crippen LogP contribution is 2.35. The van der Waals surface area contributed by atoms with E-state index in [9.17, 15) is 4.79 Å². The average Bonchev–Trinajstić information content (AvgIpc) is 3.14. The van der Waals surface area contributed by atoms with E-state index in [1.807, 2.05) is 24.3 Å². The molecule has 22 heavy (non-hydrogen) atoms. The van der Waals surface area contributed by atoms with Gasteiger partial charge in [-0.2, -0.15) is 0 Å². The van der Waals surface area contributed by atoms with Crippen molar-refractivity contribution in [3.05, 3.63) is 46.8 Å². The first-order valence-electron chi connectivity index (χ1n) is 7.10. The molecular weight excluding hydrogens is 316 g/mol. The van der Waals surface area contributed by atoms with Gasteiger partial charge in [-0.3, -0.25) is 4.79 Å². The fourth-order valence-corrected chi connectivity index (χ4v) is 4.70. The molecule has 0 radical (unpaired) electrons. The van der Waals surface area contributed by atoms with Crippen LogP contribution >= 0.6 is 22.7 Å². The molecule has 0 bridgehead atoms. The van der Waals surface area contributed by atoms with Crippen LogP contribution in [-0.4, -0.2) is 31.0 Å². The topological polar surface area (TPSA) is 42.4 Å². The number of fused-ring (bicyclic) bond motifs is 1. The third kappa shape index (κ3) is 2.54. The minimum atomic E-state index is 0.0856. The van der Waals surface area contributed by atoms with Crippen LogP contribution in [0.3, 0.4) is 0 Å². The van der Waals surface area contributed by atoms with Gasteiger partial charge in [0.1, 0.15) is 10.9 Å². The molecule has 1 fully saturated rings. The van der Waals surface area contributed by atoms with Crippen LogP contribution in [0.1, 0.15) is 21.3 Å². The number of rotatable bonds is 3. The predicted octanol–water partition coefficient (Wildman–Crippen LogP) is 3.75. The molecule has 1 atom stereocenters. The SMILES string of the molecule is O=Cc1cc2sc(N3CCOC(c4ccccc4)C3)nc2s1. The van der Waals surface area contributed by atoms with Gasteiger partial charge in [0.2, 0.25) is 0 Å². The molecule has 0 amide bonds. The Kier molecular flexibility index (Phi) is 3.65. The first-order chi connectivity index (χ1) is 10.8. The first kappa shape index (κ1) is 13.9. The standard InChI is InChI=1S/C16H14N2O2S2/c19-10-12-8-14-15(21-12)17-16(22-14)18-6-7-20-13(9-18)11-4-2-1-3-5-11/h1-5,8,10,13H,6-7,9H2. The molecule has 112 valence electrons. The van der Waals surface area contributed by atoms with E-state index in [-0.39, 0.29) is 6.10 Å². The average molecular weight is 330 g/mol. The molecule has 2 aromatic heterocycles. The van der Waals surface area contributed by atoms with Gasteiger partial charge in [0, 0.05) is 6.54 Å². The lowest BCUT2D eigenvalue weighted by Gasteiger charge is -2.32. The highest BCUT2D eigenvalue weighted by Gasteiger charge is 2.24. The van der Waals surface area contributed by atoms with Gasteiger partial charge in [-0.1, -0.05) is 41.7 Å². The Balaban J connectivity index is 1.58. The van der Waals surface area contributed by atoms with Crippen molar-refractivity contribution in [1.82, 2.24) is 4.98 Å². The Bertz CT molecular complexity index is 765. The van der Waals surface area contributed by atoms with Crippen molar-refractivity contribution in [2.24, 2.45) is 0 Å². The zero-order valence-corrected chi connectivity index (χ0v) is 13.4. The Morgan fingerprint density at radius 2 is 2.14 bits per heavy atom. The van der Waals surface area contributed by atoms with Crippen molar-refractivity contribution in [3.8, 4) is 0 Å². The number of carbonyl (C=O) groups is 1. The molecule has 3 aromatic rings. The molecule has 0 spiro atoms. The van der Waals surface area contributed by atoms with E-state index in [0.29, 0.717) is 6.61 Å². The second-order valence-corrected chi connectivity index (χ2v) is 7.22. The third-order valence-corrected chi connectivity index (χ3v) is 5.87. The summed E-state index contributed by atoms with van der Waals surface area (Å²) in [5, 5.41) is 1.02. The predicted molar refractivity (Wildman–Crippen MR) is 90.2 cm³/mol. The second-order valence-electron chi connectivity index (χ2n) is 5.15.